The smallest absolute Gasteiger partial charge is 0.258 e. The van der Waals surface area contributed by atoms with Gasteiger partial charge in [0.1, 0.15) is 5.75 Å². The highest BCUT2D eigenvalue weighted by atomic mass is 16.5. The van der Waals surface area contributed by atoms with Gasteiger partial charge in [-0.2, -0.15) is 0 Å². The Balaban J connectivity index is 1.60. The third-order valence-electron chi connectivity index (χ3n) is 4.26. The highest BCUT2D eigenvalue weighted by molar-refractivity contribution is 5.88. The van der Waals surface area contributed by atoms with Gasteiger partial charge in [0.25, 0.3) is 11.5 Å². The Morgan fingerprint density at radius 3 is 2.62 bits per heavy atom. The predicted octanol–water partition coefficient (Wildman–Crippen LogP) is 2.76. The summed E-state index contributed by atoms with van der Waals surface area (Å²) in [6.45, 7) is 3.02. The Morgan fingerprint density at radius 1 is 1.04 bits per heavy atom. The molecule has 26 heavy (non-hydrogen) atoms. The van der Waals surface area contributed by atoms with Gasteiger partial charge >= 0.3 is 0 Å². The van der Waals surface area contributed by atoms with Gasteiger partial charge in [0.2, 0.25) is 0 Å². The molecule has 0 saturated heterocycles. The molecule has 0 aliphatic heterocycles. The molecule has 3 aromatic rings. The van der Waals surface area contributed by atoms with Crippen molar-refractivity contribution in [3.05, 3.63) is 76.7 Å². The number of benzene rings is 2. The zero-order valence-corrected chi connectivity index (χ0v) is 14.8. The van der Waals surface area contributed by atoms with Crippen molar-refractivity contribution >= 4 is 16.7 Å². The normalized spacial score (nSPS) is 10.7. The highest BCUT2D eigenvalue weighted by Gasteiger charge is 2.09. The number of rotatable bonds is 7. The lowest BCUT2D eigenvalue weighted by Gasteiger charge is -2.11. The summed E-state index contributed by atoms with van der Waals surface area (Å²) in [4.78, 5) is 24.4. The average molecular weight is 350 g/mol. The van der Waals surface area contributed by atoms with Crippen LogP contribution in [0.5, 0.6) is 5.75 Å². The van der Waals surface area contributed by atoms with E-state index in [1.54, 1.807) is 29.0 Å². The van der Waals surface area contributed by atoms with Crippen molar-refractivity contribution in [2.45, 2.75) is 19.9 Å². The molecule has 5 nitrogen and oxygen atoms in total. The first kappa shape index (κ1) is 17.7. The number of aromatic nitrogens is 1. The van der Waals surface area contributed by atoms with Crippen LogP contribution < -0.4 is 15.6 Å². The first-order valence-electron chi connectivity index (χ1n) is 8.74. The van der Waals surface area contributed by atoms with Crippen molar-refractivity contribution in [3.8, 4) is 5.75 Å². The molecular weight excluding hydrogens is 328 g/mol. The Kier molecular flexibility index (Phi) is 5.69. The van der Waals surface area contributed by atoms with Crippen LogP contribution in [0.4, 0.5) is 0 Å². The summed E-state index contributed by atoms with van der Waals surface area (Å²) in [7, 11) is 0. The van der Waals surface area contributed by atoms with Gasteiger partial charge in [-0.15, -0.1) is 0 Å². The summed E-state index contributed by atoms with van der Waals surface area (Å²) in [5.41, 5.74) is 1.12. The quantitative estimate of drug-likeness (QED) is 0.713. The standard InChI is InChI=1S/C21H22N2O3/c1-2-23-14-12-17-18(21(23)25)9-6-10-19(17)26-15-20(24)22-13-11-16-7-4-3-5-8-16/h3-10,12,14H,2,11,13,15H2,1H3,(H,22,24). The van der Waals surface area contributed by atoms with Crippen molar-refractivity contribution in [1.82, 2.24) is 9.88 Å². The van der Waals surface area contributed by atoms with E-state index in [1.165, 1.54) is 5.56 Å². The van der Waals surface area contributed by atoms with Gasteiger partial charge in [-0.1, -0.05) is 36.4 Å². The van der Waals surface area contributed by atoms with Gasteiger partial charge in [-0.05, 0) is 37.1 Å². The van der Waals surface area contributed by atoms with Crippen LogP contribution in [0, 0.1) is 0 Å². The van der Waals surface area contributed by atoms with E-state index in [0.717, 1.165) is 11.8 Å². The summed E-state index contributed by atoms with van der Waals surface area (Å²) in [5.74, 6) is 0.362. The van der Waals surface area contributed by atoms with E-state index in [2.05, 4.69) is 5.32 Å². The number of carbonyl (C=O) groups is 1. The minimum atomic E-state index is -0.181. The second kappa shape index (κ2) is 8.34. The molecular formula is C21H22N2O3. The molecule has 2 aromatic carbocycles. The molecule has 5 heteroatoms. The zero-order valence-electron chi connectivity index (χ0n) is 14.8. The van der Waals surface area contributed by atoms with Gasteiger partial charge in [0, 0.05) is 24.7 Å². The van der Waals surface area contributed by atoms with Gasteiger partial charge in [-0.25, -0.2) is 0 Å². The number of amides is 1. The van der Waals surface area contributed by atoms with Gasteiger partial charge in [0.15, 0.2) is 6.61 Å². The molecule has 1 aromatic heterocycles. The fourth-order valence-electron chi connectivity index (χ4n) is 2.85. The first-order valence-corrected chi connectivity index (χ1v) is 8.74. The summed E-state index contributed by atoms with van der Waals surface area (Å²) in [6, 6.07) is 17.2. The summed E-state index contributed by atoms with van der Waals surface area (Å²) in [6.07, 6.45) is 2.52. The van der Waals surface area contributed by atoms with Crippen molar-refractivity contribution in [2.75, 3.05) is 13.2 Å². The zero-order chi connectivity index (χ0) is 18.4. The number of nitrogens with one attached hydrogen (secondary N) is 1. The number of aryl methyl sites for hydroxylation is 1. The molecule has 0 bridgehead atoms. The molecule has 0 fully saturated rings. The number of fused-ring (bicyclic) bond motifs is 1. The lowest BCUT2D eigenvalue weighted by atomic mass is 10.1. The van der Waals surface area contributed by atoms with E-state index >= 15 is 0 Å². The monoisotopic (exact) mass is 350 g/mol. The molecule has 0 aliphatic carbocycles. The molecule has 0 radical (unpaired) electrons. The van der Waals surface area contributed by atoms with Crippen LogP contribution >= 0.6 is 0 Å². The Morgan fingerprint density at radius 2 is 1.85 bits per heavy atom. The number of pyridine rings is 1. The lowest BCUT2D eigenvalue weighted by Crippen LogP contribution is -2.30. The van der Waals surface area contributed by atoms with E-state index in [4.69, 9.17) is 4.74 Å². The number of hydrogen-bond donors (Lipinski definition) is 1. The molecule has 134 valence electrons. The minimum Gasteiger partial charge on any atom is -0.483 e. The van der Waals surface area contributed by atoms with Crippen LogP contribution in [0.2, 0.25) is 0 Å². The average Bonchev–Trinajstić information content (AvgIpc) is 2.67. The van der Waals surface area contributed by atoms with Crippen molar-refractivity contribution < 1.29 is 9.53 Å². The van der Waals surface area contributed by atoms with Crippen molar-refractivity contribution in [1.29, 1.82) is 0 Å². The molecule has 0 unspecified atom stereocenters. The second-order valence-electron chi connectivity index (χ2n) is 6.00. The number of hydrogen-bond acceptors (Lipinski definition) is 3. The summed E-state index contributed by atoms with van der Waals surface area (Å²) in [5, 5.41) is 4.16. The molecule has 0 atom stereocenters. The topological polar surface area (TPSA) is 60.3 Å². The van der Waals surface area contributed by atoms with Gasteiger partial charge < -0.3 is 14.6 Å². The van der Waals surface area contributed by atoms with E-state index in [-0.39, 0.29) is 18.1 Å². The Hall–Kier alpha value is -3.08. The largest absolute Gasteiger partial charge is 0.483 e. The maximum absolute atomic E-state index is 12.4. The van der Waals surface area contributed by atoms with Crippen LogP contribution in [-0.2, 0) is 17.8 Å². The Labute approximate surface area is 152 Å². The van der Waals surface area contributed by atoms with Crippen LogP contribution in [-0.4, -0.2) is 23.6 Å². The third-order valence-corrected chi connectivity index (χ3v) is 4.26. The van der Waals surface area contributed by atoms with Crippen LogP contribution in [0.15, 0.2) is 65.6 Å². The first-order chi connectivity index (χ1) is 12.7. The fourth-order valence-corrected chi connectivity index (χ4v) is 2.85. The van der Waals surface area contributed by atoms with E-state index in [9.17, 15) is 9.59 Å². The lowest BCUT2D eigenvalue weighted by molar-refractivity contribution is -0.123. The van der Waals surface area contributed by atoms with Gasteiger partial charge in [0.05, 0.1) is 5.39 Å². The molecule has 1 heterocycles. The van der Waals surface area contributed by atoms with Crippen LogP contribution in [0.25, 0.3) is 10.8 Å². The maximum atomic E-state index is 12.4. The highest BCUT2D eigenvalue weighted by Crippen LogP contribution is 2.22. The third kappa shape index (κ3) is 4.11. The number of ether oxygens (including phenoxy) is 1. The SMILES string of the molecule is CCn1ccc2c(OCC(=O)NCCc3ccccc3)cccc2c1=O. The van der Waals surface area contributed by atoms with E-state index in [1.807, 2.05) is 43.3 Å². The van der Waals surface area contributed by atoms with Gasteiger partial charge in [-0.3, -0.25) is 9.59 Å². The summed E-state index contributed by atoms with van der Waals surface area (Å²) < 4.78 is 7.29. The molecule has 1 amide bonds. The Bertz CT molecular complexity index is 948. The second-order valence-corrected chi connectivity index (χ2v) is 6.00. The fraction of sp³-hybridized carbons (Fsp3) is 0.238. The molecule has 0 aliphatic rings. The van der Waals surface area contributed by atoms with E-state index in [0.29, 0.717) is 24.2 Å². The minimum absolute atomic E-state index is 0.0530. The number of carbonyl (C=O) groups excluding carboxylic acids is 1. The predicted molar refractivity (Wildman–Crippen MR) is 103 cm³/mol. The van der Waals surface area contributed by atoms with E-state index < -0.39 is 0 Å². The van der Waals surface area contributed by atoms with Crippen LogP contribution in [0.3, 0.4) is 0 Å². The number of nitrogens with zero attached hydrogens (tertiary/aromatic N) is 1. The van der Waals surface area contributed by atoms with Crippen molar-refractivity contribution in [3.63, 3.8) is 0 Å². The maximum Gasteiger partial charge on any atom is 0.258 e. The molecule has 0 spiro atoms. The molecule has 1 N–H and O–H groups in total. The van der Waals surface area contributed by atoms with Crippen molar-refractivity contribution in [2.24, 2.45) is 0 Å². The van der Waals surface area contributed by atoms with Crippen LogP contribution in [0.1, 0.15) is 12.5 Å². The molecule has 3 rings (SSSR count). The summed E-state index contributed by atoms with van der Waals surface area (Å²) >= 11 is 0. The molecule has 0 saturated carbocycles.